The molecule has 1 aromatic heterocycles. The highest BCUT2D eigenvalue weighted by molar-refractivity contribution is 5.84. The number of carboxylic acid groups (broad SMARTS) is 1. The van der Waals surface area contributed by atoms with E-state index in [1.807, 2.05) is 19.1 Å². The largest absolute Gasteiger partial charge is 0.480 e. The van der Waals surface area contributed by atoms with Gasteiger partial charge in [0.05, 0.1) is 6.42 Å². The number of pyridine rings is 1. The van der Waals surface area contributed by atoms with Crippen LogP contribution in [0, 0.1) is 12.8 Å². The highest BCUT2D eigenvalue weighted by Gasteiger charge is 2.23. The highest BCUT2D eigenvalue weighted by Crippen LogP contribution is 2.04. The number of nitrogens with zero attached hydrogens (tertiary/aromatic N) is 1. The van der Waals surface area contributed by atoms with Crippen LogP contribution in [0.15, 0.2) is 18.3 Å². The van der Waals surface area contributed by atoms with E-state index >= 15 is 0 Å². The van der Waals surface area contributed by atoms with E-state index in [-0.39, 0.29) is 18.2 Å². The van der Waals surface area contributed by atoms with E-state index < -0.39 is 12.0 Å². The van der Waals surface area contributed by atoms with Crippen molar-refractivity contribution in [3.63, 3.8) is 0 Å². The maximum atomic E-state index is 11.7. The summed E-state index contributed by atoms with van der Waals surface area (Å²) in [5.74, 6) is -1.47. The van der Waals surface area contributed by atoms with Gasteiger partial charge in [0.1, 0.15) is 6.04 Å². The standard InChI is InChI=1S/C13H18N2O3/c1-8(2)12(13(17)18)15-11(16)6-10-5-4-9(3)14-7-10/h4-5,7-8,12H,6H2,1-3H3,(H,15,16)(H,17,18). The molecule has 5 heteroatoms. The third kappa shape index (κ3) is 4.16. The molecule has 0 saturated carbocycles. The van der Waals surface area contributed by atoms with Crippen LogP contribution in [-0.4, -0.2) is 28.0 Å². The SMILES string of the molecule is Cc1ccc(CC(=O)NC(C(=O)O)C(C)C)cn1. The highest BCUT2D eigenvalue weighted by atomic mass is 16.4. The van der Waals surface area contributed by atoms with Gasteiger partial charge in [0.2, 0.25) is 5.91 Å². The first kappa shape index (κ1) is 14.2. The van der Waals surface area contributed by atoms with Gasteiger partial charge in [-0.05, 0) is 24.5 Å². The molecule has 0 bridgehead atoms. The van der Waals surface area contributed by atoms with Gasteiger partial charge in [0, 0.05) is 11.9 Å². The zero-order valence-electron chi connectivity index (χ0n) is 10.8. The molecular formula is C13H18N2O3. The molecule has 1 aromatic rings. The smallest absolute Gasteiger partial charge is 0.326 e. The molecule has 1 rings (SSSR count). The average molecular weight is 250 g/mol. The summed E-state index contributed by atoms with van der Waals surface area (Å²) in [7, 11) is 0. The van der Waals surface area contributed by atoms with Crippen LogP contribution in [0.2, 0.25) is 0 Å². The monoisotopic (exact) mass is 250 g/mol. The fourth-order valence-electron chi connectivity index (χ4n) is 1.53. The lowest BCUT2D eigenvalue weighted by Gasteiger charge is -2.17. The number of aromatic nitrogens is 1. The molecule has 0 aliphatic carbocycles. The van der Waals surface area contributed by atoms with Crippen molar-refractivity contribution in [3.8, 4) is 0 Å². The third-order valence-electron chi connectivity index (χ3n) is 2.59. The Hall–Kier alpha value is -1.91. The van der Waals surface area contributed by atoms with Crippen molar-refractivity contribution >= 4 is 11.9 Å². The molecule has 1 amide bonds. The lowest BCUT2D eigenvalue weighted by molar-refractivity contribution is -0.143. The number of rotatable bonds is 5. The van der Waals surface area contributed by atoms with Crippen molar-refractivity contribution in [2.24, 2.45) is 5.92 Å². The van der Waals surface area contributed by atoms with Gasteiger partial charge >= 0.3 is 5.97 Å². The lowest BCUT2D eigenvalue weighted by atomic mass is 10.0. The summed E-state index contributed by atoms with van der Waals surface area (Å²) in [5, 5.41) is 11.5. The second kappa shape index (κ2) is 6.14. The van der Waals surface area contributed by atoms with Crippen LogP contribution in [0.4, 0.5) is 0 Å². The number of carbonyl (C=O) groups excluding carboxylic acids is 1. The first-order valence-corrected chi connectivity index (χ1v) is 5.84. The van der Waals surface area contributed by atoms with Crippen LogP contribution >= 0.6 is 0 Å². The normalized spacial score (nSPS) is 12.2. The molecule has 1 atom stereocenters. The molecule has 1 heterocycles. The topological polar surface area (TPSA) is 79.3 Å². The number of carbonyl (C=O) groups is 2. The van der Waals surface area contributed by atoms with Crippen LogP contribution in [0.3, 0.4) is 0 Å². The van der Waals surface area contributed by atoms with Crippen LogP contribution in [0.5, 0.6) is 0 Å². The Morgan fingerprint density at radius 2 is 2.06 bits per heavy atom. The Morgan fingerprint density at radius 3 is 2.50 bits per heavy atom. The van der Waals surface area contributed by atoms with Crippen LogP contribution < -0.4 is 5.32 Å². The maximum absolute atomic E-state index is 11.7. The van der Waals surface area contributed by atoms with Gasteiger partial charge in [-0.1, -0.05) is 19.9 Å². The molecule has 2 N–H and O–H groups in total. The zero-order valence-corrected chi connectivity index (χ0v) is 10.8. The van der Waals surface area contributed by atoms with E-state index in [9.17, 15) is 9.59 Å². The quantitative estimate of drug-likeness (QED) is 0.821. The molecule has 0 radical (unpaired) electrons. The van der Waals surface area contributed by atoms with Crippen molar-refractivity contribution in [2.75, 3.05) is 0 Å². The Labute approximate surface area is 106 Å². The summed E-state index contributed by atoms with van der Waals surface area (Å²) in [6.45, 7) is 5.38. The van der Waals surface area contributed by atoms with E-state index in [0.717, 1.165) is 11.3 Å². The lowest BCUT2D eigenvalue weighted by Crippen LogP contribution is -2.44. The van der Waals surface area contributed by atoms with Gasteiger partial charge in [-0.2, -0.15) is 0 Å². The number of hydrogen-bond donors (Lipinski definition) is 2. The molecule has 98 valence electrons. The molecule has 0 aromatic carbocycles. The van der Waals surface area contributed by atoms with Gasteiger partial charge in [-0.15, -0.1) is 0 Å². The number of aliphatic carboxylic acids is 1. The molecule has 0 fully saturated rings. The molecule has 5 nitrogen and oxygen atoms in total. The fraction of sp³-hybridized carbons (Fsp3) is 0.462. The van der Waals surface area contributed by atoms with Gasteiger partial charge in [0.25, 0.3) is 0 Å². The third-order valence-corrected chi connectivity index (χ3v) is 2.59. The number of aryl methyl sites for hydroxylation is 1. The number of hydrogen-bond acceptors (Lipinski definition) is 3. The summed E-state index contributed by atoms with van der Waals surface area (Å²) in [6.07, 6.45) is 1.77. The van der Waals surface area contributed by atoms with Crippen molar-refractivity contribution in [3.05, 3.63) is 29.6 Å². The van der Waals surface area contributed by atoms with Gasteiger partial charge in [-0.3, -0.25) is 9.78 Å². The Bertz CT molecular complexity index is 426. The Balaban J connectivity index is 2.60. The second-order valence-corrected chi connectivity index (χ2v) is 4.61. The minimum Gasteiger partial charge on any atom is -0.480 e. The van der Waals surface area contributed by atoms with Crippen molar-refractivity contribution in [1.82, 2.24) is 10.3 Å². The Kier molecular flexibility index (Phi) is 4.83. The maximum Gasteiger partial charge on any atom is 0.326 e. The minimum absolute atomic E-state index is 0.143. The summed E-state index contributed by atoms with van der Waals surface area (Å²) < 4.78 is 0. The molecule has 0 aliphatic rings. The van der Waals surface area contributed by atoms with Crippen LogP contribution in [-0.2, 0) is 16.0 Å². The molecule has 1 unspecified atom stereocenters. The van der Waals surface area contributed by atoms with Gasteiger partial charge < -0.3 is 10.4 Å². The van der Waals surface area contributed by atoms with Crippen molar-refractivity contribution in [1.29, 1.82) is 0 Å². The predicted octanol–water partition coefficient (Wildman–Crippen LogP) is 1.16. The Morgan fingerprint density at radius 1 is 1.39 bits per heavy atom. The van der Waals surface area contributed by atoms with Crippen LogP contribution in [0.25, 0.3) is 0 Å². The van der Waals surface area contributed by atoms with E-state index in [0.29, 0.717) is 0 Å². The van der Waals surface area contributed by atoms with Gasteiger partial charge in [0.15, 0.2) is 0 Å². The average Bonchev–Trinajstić information content (AvgIpc) is 2.28. The first-order valence-electron chi connectivity index (χ1n) is 5.84. The van der Waals surface area contributed by atoms with E-state index in [1.54, 1.807) is 20.0 Å². The second-order valence-electron chi connectivity index (χ2n) is 4.61. The summed E-state index contributed by atoms with van der Waals surface area (Å²) in [4.78, 5) is 26.7. The molecule has 18 heavy (non-hydrogen) atoms. The van der Waals surface area contributed by atoms with Crippen molar-refractivity contribution in [2.45, 2.75) is 33.2 Å². The zero-order chi connectivity index (χ0) is 13.7. The molecule has 0 aliphatic heterocycles. The summed E-state index contributed by atoms with van der Waals surface area (Å²) in [6, 6.07) is 2.78. The van der Waals surface area contributed by atoms with Crippen LogP contribution in [0.1, 0.15) is 25.1 Å². The minimum atomic E-state index is -1.01. The molecule has 0 saturated heterocycles. The van der Waals surface area contributed by atoms with E-state index in [1.165, 1.54) is 0 Å². The number of nitrogens with one attached hydrogen (secondary N) is 1. The molecular weight excluding hydrogens is 232 g/mol. The number of amides is 1. The molecule has 0 spiro atoms. The van der Waals surface area contributed by atoms with Crippen molar-refractivity contribution < 1.29 is 14.7 Å². The van der Waals surface area contributed by atoms with E-state index in [2.05, 4.69) is 10.3 Å². The summed E-state index contributed by atoms with van der Waals surface area (Å²) in [5.41, 5.74) is 1.65. The first-order chi connectivity index (χ1) is 8.40. The fourth-order valence-corrected chi connectivity index (χ4v) is 1.53. The summed E-state index contributed by atoms with van der Waals surface area (Å²) >= 11 is 0. The number of carboxylic acids is 1. The van der Waals surface area contributed by atoms with E-state index in [4.69, 9.17) is 5.11 Å². The van der Waals surface area contributed by atoms with Gasteiger partial charge in [-0.25, -0.2) is 4.79 Å². The predicted molar refractivity (Wildman–Crippen MR) is 67.1 cm³/mol.